The van der Waals surface area contributed by atoms with Gasteiger partial charge in [-0.25, -0.2) is 0 Å². The molecule has 0 aliphatic carbocycles. The van der Waals surface area contributed by atoms with E-state index in [2.05, 4.69) is 50.9 Å². The second kappa shape index (κ2) is 6.04. The molecule has 0 bridgehead atoms. The number of rotatable bonds is 3. The lowest BCUT2D eigenvalue weighted by Crippen LogP contribution is -2.55. The Morgan fingerprint density at radius 2 is 2.15 bits per heavy atom. The first-order valence-corrected chi connectivity index (χ1v) is 8.29. The van der Waals surface area contributed by atoms with Crippen LogP contribution in [0.15, 0.2) is 22.7 Å². The molecule has 0 radical (unpaired) electrons. The third kappa shape index (κ3) is 2.74. The zero-order chi connectivity index (χ0) is 14.1. The van der Waals surface area contributed by atoms with Crippen molar-refractivity contribution in [2.75, 3.05) is 26.7 Å². The maximum absolute atomic E-state index is 5.30. The van der Waals surface area contributed by atoms with Crippen LogP contribution in [-0.4, -0.2) is 48.6 Å². The van der Waals surface area contributed by atoms with Gasteiger partial charge in [-0.15, -0.1) is 0 Å². The van der Waals surface area contributed by atoms with Crippen molar-refractivity contribution in [1.29, 1.82) is 0 Å². The Labute approximate surface area is 130 Å². The molecule has 0 spiro atoms. The number of fused-ring (bicyclic) bond motifs is 1. The van der Waals surface area contributed by atoms with Crippen LogP contribution in [0.25, 0.3) is 0 Å². The minimum absolute atomic E-state index is 0.659. The van der Waals surface area contributed by atoms with E-state index in [-0.39, 0.29) is 0 Å². The Balaban J connectivity index is 1.69. The summed E-state index contributed by atoms with van der Waals surface area (Å²) in [6, 6.07) is 7.84. The highest BCUT2D eigenvalue weighted by Gasteiger charge is 2.36. The fourth-order valence-electron chi connectivity index (χ4n) is 3.65. The quantitative estimate of drug-likeness (QED) is 0.842. The van der Waals surface area contributed by atoms with Gasteiger partial charge in [-0.3, -0.25) is 9.80 Å². The zero-order valence-corrected chi connectivity index (χ0v) is 13.9. The van der Waals surface area contributed by atoms with Gasteiger partial charge in [0.15, 0.2) is 0 Å². The van der Waals surface area contributed by atoms with Crippen LogP contribution in [0.1, 0.15) is 25.3 Å². The average molecular weight is 339 g/mol. The first-order valence-electron chi connectivity index (χ1n) is 7.49. The first kappa shape index (κ1) is 14.4. The van der Waals surface area contributed by atoms with E-state index < -0.39 is 0 Å². The van der Waals surface area contributed by atoms with E-state index in [9.17, 15) is 0 Å². The predicted molar refractivity (Wildman–Crippen MR) is 85.2 cm³/mol. The Kier molecular flexibility index (Phi) is 4.34. The molecule has 2 saturated heterocycles. The van der Waals surface area contributed by atoms with Crippen LogP contribution in [-0.2, 0) is 6.54 Å². The summed E-state index contributed by atoms with van der Waals surface area (Å²) in [5, 5.41) is 0. The monoisotopic (exact) mass is 338 g/mol. The van der Waals surface area contributed by atoms with Gasteiger partial charge in [0, 0.05) is 31.7 Å². The second-order valence-corrected chi connectivity index (χ2v) is 6.78. The summed E-state index contributed by atoms with van der Waals surface area (Å²) in [6.45, 7) is 7.14. The van der Waals surface area contributed by atoms with Gasteiger partial charge >= 0.3 is 0 Å². The molecule has 0 N–H and O–H groups in total. The normalized spacial score (nSPS) is 27.6. The van der Waals surface area contributed by atoms with E-state index in [0.717, 1.165) is 22.8 Å². The topological polar surface area (TPSA) is 15.7 Å². The van der Waals surface area contributed by atoms with E-state index in [1.54, 1.807) is 7.11 Å². The number of nitrogens with zero attached hydrogens (tertiary/aromatic N) is 2. The SMILES string of the molecule is COc1ccc(CN2CCN3CCCC3C2C)cc1Br. The molecule has 2 heterocycles. The lowest BCUT2D eigenvalue weighted by atomic mass is 10.0. The number of hydrogen-bond donors (Lipinski definition) is 0. The van der Waals surface area contributed by atoms with E-state index in [1.807, 2.05) is 0 Å². The Bertz CT molecular complexity index is 480. The van der Waals surface area contributed by atoms with Crippen LogP contribution >= 0.6 is 15.9 Å². The van der Waals surface area contributed by atoms with Gasteiger partial charge in [0.2, 0.25) is 0 Å². The third-order valence-electron chi connectivity index (χ3n) is 4.82. The summed E-state index contributed by atoms with van der Waals surface area (Å²) in [6.07, 6.45) is 2.74. The highest BCUT2D eigenvalue weighted by Crippen LogP contribution is 2.30. The van der Waals surface area contributed by atoms with Crippen molar-refractivity contribution in [2.24, 2.45) is 0 Å². The molecule has 2 fully saturated rings. The number of halogens is 1. The lowest BCUT2D eigenvalue weighted by molar-refractivity contribution is 0.0470. The van der Waals surface area contributed by atoms with Crippen LogP contribution < -0.4 is 4.74 Å². The van der Waals surface area contributed by atoms with E-state index in [4.69, 9.17) is 4.74 Å². The maximum Gasteiger partial charge on any atom is 0.133 e. The van der Waals surface area contributed by atoms with E-state index >= 15 is 0 Å². The molecule has 20 heavy (non-hydrogen) atoms. The fraction of sp³-hybridized carbons (Fsp3) is 0.625. The molecule has 110 valence electrons. The van der Waals surface area contributed by atoms with Crippen LogP contribution in [0.5, 0.6) is 5.75 Å². The number of ether oxygens (including phenoxy) is 1. The van der Waals surface area contributed by atoms with Crippen molar-refractivity contribution >= 4 is 15.9 Å². The highest BCUT2D eigenvalue weighted by atomic mass is 79.9. The molecule has 1 aromatic carbocycles. The van der Waals surface area contributed by atoms with Crippen molar-refractivity contribution in [3.63, 3.8) is 0 Å². The zero-order valence-electron chi connectivity index (χ0n) is 12.3. The molecule has 3 rings (SSSR count). The Morgan fingerprint density at radius 3 is 2.90 bits per heavy atom. The van der Waals surface area contributed by atoms with E-state index in [1.165, 1.54) is 38.0 Å². The molecule has 2 aliphatic heterocycles. The maximum atomic E-state index is 5.30. The van der Waals surface area contributed by atoms with Crippen molar-refractivity contribution in [3.8, 4) is 5.75 Å². The molecule has 3 nitrogen and oxygen atoms in total. The molecule has 1 aromatic rings. The number of hydrogen-bond acceptors (Lipinski definition) is 3. The highest BCUT2D eigenvalue weighted by molar-refractivity contribution is 9.10. The summed E-state index contributed by atoms with van der Waals surface area (Å²) in [5.74, 6) is 0.905. The van der Waals surface area contributed by atoms with Gasteiger partial charge in [0.1, 0.15) is 5.75 Å². The fourth-order valence-corrected chi connectivity index (χ4v) is 4.23. The van der Waals surface area contributed by atoms with Crippen molar-refractivity contribution < 1.29 is 4.74 Å². The van der Waals surface area contributed by atoms with Gasteiger partial charge in [0.05, 0.1) is 11.6 Å². The molecule has 2 aliphatic rings. The van der Waals surface area contributed by atoms with Crippen LogP contribution in [0.2, 0.25) is 0 Å². The summed E-state index contributed by atoms with van der Waals surface area (Å²) in [7, 11) is 1.71. The van der Waals surface area contributed by atoms with Gasteiger partial charge in [-0.1, -0.05) is 6.07 Å². The third-order valence-corrected chi connectivity index (χ3v) is 5.44. The van der Waals surface area contributed by atoms with Gasteiger partial charge in [-0.2, -0.15) is 0 Å². The first-order chi connectivity index (χ1) is 9.69. The summed E-state index contributed by atoms with van der Waals surface area (Å²) >= 11 is 3.58. The molecule has 0 aromatic heterocycles. The van der Waals surface area contributed by atoms with Gasteiger partial charge < -0.3 is 4.74 Å². The molecule has 0 saturated carbocycles. The van der Waals surface area contributed by atoms with E-state index in [0.29, 0.717) is 6.04 Å². The molecule has 2 unspecified atom stereocenters. The molecular weight excluding hydrogens is 316 g/mol. The Morgan fingerprint density at radius 1 is 1.30 bits per heavy atom. The van der Waals surface area contributed by atoms with Gasteiger partial charge in [0.25, 0.3) is 0 Å². The molecule has 0 amide bonds. The molecule has 2 atom stereocenters. The van der Waals surface area contributed by atoms with Crippen LogP contribution in [0, 0.1) is 0 Å². The summed E-state index contributed by atoms with van der Waals surface area (Å²) in [5.41, 5.74) is 1.36. The second-order valence-electron chi connectivity index (χ2n) is 5.93. The average Bonchev–Trinajstić information content (AvgIpc) is 2.91. The predicted octanol–water partition coefficient (Wildman–Crippen LogP) is 3.13. The van der Waals surface area contributed by atoms with Crippen molar-refractivity contribution in [1.82, 2.24) is 9.80 Å². The van der Waals surface area contributed by atoms with Gasteiger partial charge in [-0.05, 0) is 59.9 Å². The number of benzene rings is 1. The lowest BCUT2D eigenvalue weighted by Gasteiger charge is -2.43. The minimum Gasteiger partial charge on any atom is -0.496 e. The summed E-state index contributed by atoms with van der Waals surface area (Å²) < 4.78 is 6.35. The summed E-state index contributed by atoms with van der Waals surface area (Å²) in [4.78, 5) is 5.30. The van der Waals surface area contributed by atoms with Crippen LogP contribution in [0.3, 0.4) is 0 Å². The minimum atomic E-state index is 0.659. The van der Waals surface area contributed by atoms with Crippen LogP contribution in [0.4, 0.5) is 0 Å². The Hall–Kier alpha value is -0.580. The molecule has 4 heteroatoms. The van der Waals surface area contributed by atoms with Crippen molar-refractivity contribution in [2.45, 2.75) is 38.4 Å². The standard InChI is InChI=1S/C16H23BrN2O/c1-12-15-4-3-7-18(15)8-9-19(12)11-13-5-6-16(20-2)14(17)10-13/h5-6,10,12,15H,3-4,7-9,11H2,1-2H3. The number of methoxy groups -OCH3 is 1. The number of piperazine rings is 1. The smallest absolute Gasteiger partial charge is 0.133 e. The largest absolute Gasteiger partial charge is 0.496 e. The van der Waals surface area contributed by atoms with Crippen molar-refractivity contribution in [3.05, 3.63) is 28.2 Å². The molecular formula is C16H23BrN2O.